The summed E-state index contributed by atoms with van der Waals surface area (Å²) in [7, 11) is 0. The van der Waals surface area contributed by atoms with Gasteiger partial charge in [0.25, 0.3) is 11.8 Å². The topological polar surface area (TPSA) is 75.7 Å². The van der Waals surface area contributed by atoms with Crippen LogP contribution in [0.1, 0.15) is 62.7 Å². The molecule has 2 amide bonds. The van der Waals surface area contributed by atoms with Crippen molar-refractivity contribution in [2.24, 2.45) is 11.8 Å². The maximum Gasteiger partial charge on any atom is 0.309 e. The van der Waals surface area contributed by atoms with E-state index in [9.17, 15) is 18.8 Å². The number of hydrogen-bond acceptors (Lipinski definition) is 4. The number of ether oxygens (including phenoxy) is 1. The Labute approximate surface area is 177 Å². The molecule has 2 fully saturated rings. The predicted octanol–water partition coefficient (Wildman–Crippen LogP) is 3.30. The molecule has 1 saturated heterocycles. The first kappa shape index (κ1) is 22.2. The fourth-order valence-electron chi connectivity index (χ4n) is 4.25. The number of esters is 1. The second-order valence-corrected chi connectivity index (χ2v) is 8.53. The lowest BCUT2D eigenvalue weighted by Gasteiger charge is -2.32. The number of carbonyl (C=O) groups is 3. The molecular formula is C23H31FN2O4. The van der Waals surface area contributed by atoms with Gasteiger partial charge in [-0.2, -0.15) is 0 Å². The van der Waals surface area contributed by atoms with Crippen LogP contribution in [0.15, 0.2) is 24.3 Å². The highest BCUT2D eigenvalue weighted by Gasteiger charge is 2.32. The van der Waals surface area contributed by atoms with E-state index >= 15 is 0 Å². The minimum absolute atomic E-state index is 0.146. The van der Waals surface area contributed by atoms with Gasteiger partial charge in [-0.3, -0.25) is 14.4 Å². The summed E-state index contributed by atoms with van der Waals surface area (Å²) in [5.41, 5.74) is 0.430. The number of benzene rings is 1. The first-order valence-electron chi connectivity index (χ1n) is 10.9. The molecule has 1 heterocycles. The van der Waals surface area contributed by atoms with Crippen LogP contribution >= 0.6 is 0 Å². The lowest BCUT2D eigenvalue weighted by Crippen LogP contribution is -2.47. The lowest BCUT2D eigenvalue weighted by atomic mass is 9.86. The second kappa shape index (κ2) is 10.0. The molecule has 0 aromatic heterocycles. The van der Waals surface area contributed by atoms with Crippen molar-refractivity contribution in [3.8, 4) is 0 Å². The number of nitrogens with one attached hydrogen (secondary N) is 1. The average Bonchev–Trinajstić information content (AvgIpc) is 2.75. The first-order chi connectivity index (χ1) is 14.3. The summed E-state index contributed by atoms with van der Waals surface area (Å²) in [6.45, 7) is 4.60. The highest BCUT2D eigenvalue weighted by molar-refractivity contribution is 5.94. The monoisotopic (exact) mass is 418 g/mol. The maximum absolute atomic E-state index is 13.0. The smallest absolute Gasteiger partial charge is 0.309 e. The predicted molar refractivity (Wildman–Crippen MR) is 110 cm³/mol. The quantitative estimate of drug-likeness (QED) is 0.745. The van der Waals surface area contributed by atoms with E-state index in [0.717, 1.165) is 19.3 Å². The zero-order valence-electron chi connectivity index (χ0n) is 17.7. The van der Waals surface area contributed by atoms with E-state index < -0.39 is 6.10 Å². The van der Waals surface area contributed by atoms with Crippen molar-refractivity contribution in [2.75, 3.05) is 13.1 Å². The number of carbonyl (C=O) groups excluding carboxylic acids is 3. The van der Waals surface area contributed by atoms with Gasteiger partial charge in [0.1, 0.15) is 5.82 Å². The van der Waals surface area contributed by atoms with Crippen molar-refractivity contribution >= 4 is 17.8 Å². The van der Waals surface area contributed by atoms with Crippen molar-refractivity contribution in [3.05, 3.63) is 35.6 Å². The molecule has 30 heavy (non-hydrogen) atoms. The molecule has 1 aliphatic carbocycles. The molecule has 7 heteroatoms. The minimum atomic E-state index is -0.828. The zero-order chi connectivity index (χ0) is 21.7. The Balaban J connectivity index is 1.44. The number of piperidine rings is 1. The van der Waals surface area contributed by atoms with E-state index in [4.69, 9.17) is 4.74 Å². The molecule has 2 aliphatic rings. The van der Waals surface area contributed by atoms with Gasteiger partial charge < -0.3 is 15.0 Å². The van der Waals surface area contributed by atoms with Gasteiger partial charge in [0.15, 0.2) is 6.10 Å². The molecule has 0 unspecified atom stereocenters. The number of nitrogens with zero attached hydrogens (tertiary/aromatic N) is 1. The molecule has 1 aromatic rings. The molecule has 1 N–H and O–H groups in total. The third-order valence-electron chi connectivity index (χ3n) is 6.31. The van der Waals surface area contributed by atoms with Gasteiger partial charge in [0.05, 0.1) is 5.92 Å². The van der Waals surface area contributed by atoms with Crippen molar-refractivity contribution in [2.45, 2.75) is 64.5 Å². The Morgan fingerprint density at radius 3 is 2.33 bits per heavy atom. The van der Waals surface area contributed by atoms with Crippen LogP contribution in [-0.4, -0.2) is 47.9 Å². The highest BCUT2D eigenvalue weighted by Crippen LogP contribution is 2.24. The number of rotatable bonds is 5. The average molecular weight is 419 g/mol. The molecule has 6 nitrogen and oxygen atoms in total. The van der Waals surface area contributed by atoms with Gasteiger partial charge in [-0.05, 0) is 62.8 Å². The van der Waals surface area contributed by atoms with Crippen LogP contribution in [0.5, 0.6) is 0 Å². The van der Waals surface area contributed by atoms with Crippen LogP contribution in [-0.2, 0) is 14.3 Å². The Morgan fingerprint density at radius 2 is 1.70 bits per heavy atom. The molecule has 0 radical (unpaired) electrons. The number of likely N-dealkylation sites (tertiary alicyclic amines) is 1. The van der Waals surface area contributed by atoms with E-state index in [0.29, 0.717) is 37.4 Å². The van der Waals surface area contributed by atoms with E-state index in [1.54, 1.807) is 11.8 Å². The highest BCUT2D eigenvalue weighted by atomic mass is 19.1. The third kappa shape index (κ3) is 5.58. The minimum Gasteiger partial charge on any atom is -0.452 e. The molecule has 0 spiro atoms. The van der Waals surface area contributed by atoms with Crippen molar-refractivity contribution in [1.29, 1.82) is 0 Å². The van der Waals surface area contributed by atoms with Crippen LogP contribution < -0.4 is 5.32 Å². The fourth-order valence-corrected chi connectivity index (χ4v) is 4.25. The number of amides is 2. The van der Waals surface area contributed by atoms with Crippen LogP contribution in [0.4, 0.5) is 4.39 Å². The third-order valence-corrected chi connectivity index (χ3v) is 6.31. The van der Waals surface area contributed by atoms with Crippen LogP contribution in [0.2, 0.25) is 0 Å². The largest absolute Gasteiger partial charge is 0.452 e. The number of halogens is 1. The summed E-state index contributed by atoms with van der Waals surface area (Å²) in [5, 5.41) is 3.03. The first-order valence-corrected chi connectivity index (χ1v) is 10.9. The Bertz CT molecular complexity index is 759. The summed E-state index contributed by atoms with van der Waals surface area (Å²) in [5.74, 6) is -1.07. The van der Waals surface area contributed by atoms with E-state index in [2.05, 4.69) is 12.2 Å². The van der Waals surface area contributed by atoms with Gasteiger partial charge in [-0.1, -0.05) is 19.8 Å². The maximum atomic E-state index is 13.0. The Morgan fingerprint density at radius 1 is 1.07 bits per heavy atom. The SMILES string of the molecule is C[C@@H](OC(=O)C1CCN(C(=O)c2ccc(F)cc2)CC1)C(=O)N[C@@H]1CCCC[C@@H]1C. The fraction of sp³-hybridized carbons (Fsp3) is 0.609. The summed E-state index contributed by atoms with van der Waals surface area (Å²) >= 11 is 0. The van der Waals surface area contributed by atoms with Crippen LogP contribution in [0, 0.1) is 17.7 Å². The van der Waals surface area contributed by atoms with E-state index in [-0.39, 0.29) is 35.6 Å². The summed E-state index contributed by atoms with van der Waals surface area (Å²) in [6.07, 6.45) is 4.52. The Kier molecular flexibility index (Phi) is 7.45. The normalized spacial score (nSPS) is 23.5. The molecule has 1 aromatic carbocycles. The standard InChI is InChI=1S/C23H31FN2O4/c1-15-5-3-4-6-20(15)25-21(27)16(2)30-23(29)18-11-13-26(14-12-18)22(28)17-7-9-19(24)10-8-17/h7-10,15-16,18,20H,3-6,11-14H2,1-2H3,(H,25,27)/t15-,16+,20+/m0/s1. The lowest BCUT2D eigenvalue weighted by molar-refractivity contribution is -0.160. The van der Waals surface area contributed by atoms with Gasteiger partial charge in [-0.25, -0.2) is 4.39 Å². The molecule has 3 rings (SSSR count). The van der Waals surface area contributed by atoms with Crippen LogP contribution in [0.3, 0.4) is 0 Å². The van der Waals surface area contributed by atoms with Gasteiger partial charge >= 0.3 is 5.97 Å². The van der Waals surface area contributed by atoms with E-state index in [1.807, 2.05) is 0 Å². The Hall–Kier alpha value is -2.44. The molecular weight excluding hydrogens is 387 g/mol. The zero-order valence-corrected chi connectivity index (χ0v) is 17.7. The number of hydrogen-bond donors (Lipinski definition) is 1. The van der Waals surface area contributed by atoms with Crippen molar-refractivity contribution < 1.29 is 23.5 Å². The van der Waals surface area contributed by atoms with Gasteiger partial charge in [0, 0.05) is 24.7 Å². The van der Waals surface area contributed by atoms with Gasteiger partial charge in [0.2, 0.25) is 0 Å². The van der Waals surface area contributed by atoms with Gasteiger partial charge in [-0.15, -0.1) is 0 Å². The molecule has 3 atom stereocenters. The summed E-state index contributed by atoms with van der Waals surface area (Å²) < 4.78 is 18.5. The van der Waals surface area contributed by atoms with Crippen LogP contribution in [0.25, 0.3) is 0 Å². The molecule has 0 bridgehead atoms. The molecule has 1 saturated carbocycles. The summed E-state index contributed by atoms with van der Waals surface area (Å²) in [6, 6.07) is 5.60. The summed E-state index contributed by atoms with van der Waals surface area (Å²) in [4.78, 5) is 39.1. The second-order valence-electron chi connectivity index (χ2n) is 8.53. The molecule has 164 valence electrons. The van der Waals surface area contributed by atoms with E-state index in [1.165, 1.54) is 30.7 Å². The molecule has 1 aliphatic heterocycles. The van der Waals surface area contributed by atoms with Crippen molar-refractivity contribution in [3.63, 3.8) is 0 Å². The van der Waals surface area contributed by atoms with Crippen molar-refractivity contribution in [1.82, 2.24) is 10.2 Å².